The van der Waals surface area contributed by atoms with E-state index < -0.39 is 0 Å². The van der Waals surface area contributed by atoms with Crippen molar-refractivity contribution in [3.05, 3.63) is 22.2 Å². The molecule has 96 valence electrons. The van der Waals surface area contributed by atoms with Crippen LogP contribution in [0.25, 0.3) is 11.3 Å². The van der Waals surface area contributed by atoms with Crippen molar-refractivity contribution in [1.29, 1.82) is 0 Å². The Bertz CT molecular complexity index is 588. The summed E-state index contributed by atoms with van der Waals surface area (Å²) in [5.41, 5.74) is 7.89. The number of aryl methyl sites for hydroxylation is 2. The fourth-order valence-electron chi connectivity index (χ4n) is 1.75. The Balaban J connectivity index is 2.73. The number of nitrogens with zero attached hydrogens (tertiary/aromatic N) is 2. The quantitative estimate of drug-likeness (QED) is 0.893. The maximum atomic E-state index is 10.2. The van der Waals surface area contributed by atoms with Gasteiger partial charge in [-0.2, -0.15) is 5.10 Å². The third kappa shape index (κ3) is 1.92. The average molecular weight is 312 g/mol. The minimum Gasteiger partial charge on any atom is -0.504 e. The number of aromatic nitrogens is 2. The van der Waals surface area contributed by atoms with E-state index in [1.54, 1.807) is 23.9 Å². The number of benzene rings is 1. The number of hydrogen-bond acceptors (Lipinski definition) is 4. The zero-order chi connectivity index (χ0) is 13.4. The summed E-state index contributed by atoms with van der Waals surface area (Å²) in [7, 11) is 3.26. The van der Waals surface area contributed by atoms with Crippen LogP contribution in [0.15, 0.2) is 16.6 Å². The zero-order valence-electron chi connectivity index (χ0n) is 10.4. The third-order valence-electron chi connectivity index (χ3n) is 2.78. The molecule has 0 saturated carbocycles. The molecule has 0 aliphatic carbocycles. The van der Waals surface area contributed by atoms with Gasteiger partial charge in [0.1, 0.15) is 5.82 Å². The maximum absolute atomic E-state index is 10.2. The van der Waals surface area contributed by atoms with E-state index in [1.165, 1.54) is 7.11 Å². The fourth-order valence-corrected chi connectivity index (χ4v) is 2.25. The van der Waals surface area contributed by atoms with Crippen LogP contribution in [0, 0.1) is 6.92 Å². The van der Waals surface area contributed by atoms with Crippen LogP contribution in [0.3, 0.4) is 0 Å². The van der Waals surface area contributed by atoms with Gasteiger partial charge in [-0.25, -0.2) is 0 Å². The first kappa shape index (κ1) is 12.8. The molecule has 2 rings (SSSR count). The lowest BCUT2D eigenvalue weighted by molar-refractivity contribution is 0.374. The minimum absolute atomic E-state index is 0.0491. The molecule has 0 atom stereocenters. The van der Waals surface area contributed by atoms with E-state index in [1.807, 2.05) is 6.92 Å². The van der Waals surface area contributed by atoms with Gasteiger partial charge in [-0.3, -0.25) is 4.68 Å². The maximum Gasteiger partial charge on any atom is 0.168 e. The Morgan fingerprint density at radius 2 is 2.11 bits per heavy atom. The molecular weight excluding hydrogens is 298 g/mol. The summed E-state index contributed by atoms with van der Waals surface area (Å²) in [4.78, 5) is 0. The van der Waals surface area contributed by atoms with Gasteiger partial charge in [-0.1, -0.05) is 0 Å². The minimum atomic E-state index is 0.0491. The highest BCUT2D eigenvalue weighted by Crippen LogP contribution is 2.43. The highest BCUT2D eigenvalue weighted by Gasteiger charge is 2.19. The van der Waals surface area contributed by atoms with E-state index in [9.17, 15) is 5.11 Å². The largest absolute Gasteiger partial charge is 0.504 e. The van der Waals surface area contributed by atoms with Gasteiger partial charge in [0.05, 0.1) is 18.4 Å². The molecule has 18 heavy (non-hydrogen) atoms. The van der Waals surface area contributed by atoms with Crippen molar-refractivity contribution in [2.75, 3.05) is 12.8 Å². The van der Waals surface area contributed by atoms with Gasteiger partial charge in [0.2, 0.25) is 0 Å². The summed E-state index contributed by atoms with van der Waals surface area (Å²) in [6.07, 6.45) is 0. The Labute approximate surface area is 113 Å². The van der Waals surface area contributed by atoms with Crippen molar-refractivity contribution < 1.29 is 9.84 Å². The first-order chi connectivity index (χ1) is 8.45. The summed E-state index contributed by atoms with van der Waals surface area (Å²) in [6.45, 7) is 1.92. The molecule has 0 amide bonds. The monoisotopic (exact) mass is 311 g/mol. The zero-order valence-corrected chi connectivity index (χ0v) is 11.9. The van der Waals surface area contributed by atoms with Gasteiger partial charge in [0.15, 0.2) is 11.5 Å². The summed E-state index contributed by atoms with van der Waals surface area (Å²) >= 11 is 3.46. The van der Waals surface area contributed by atoms with E-state index in [-0.39, 0.29) is 5.75 Å². The molecule has 5 nitrogen and oxygen atoms in total. The van der Waals surface area contributed by atoms with E-state index in [4.69, 9.17) is 10.5 Å². The first-order valence-electron chi connectivity index (χ1n) is 5.31. The predicted octanol–water partition coefficient (Wildman–Crippen LogP) is 2.45. The molecule has 0 radical (unpaired) electrons. The van der Waals surface area contributed by atoms with E-state index >= 15 is 0 Å². The lowest BCUT2D eigenvalue weighted by Crippen LogP contribution is -1.97. The Kier molecular flexibility index (Phi) is 3.21. The van der Waals surface area contributed by atoms with Gasteiger partial charge in [0.25, 0.3) is 0 Å². The van der Waals surface area contributed by atoms with Crippen LogP contribution in [0.4, 0.5) is 5.82 Å². The number of nitrogens with two attached hydrogens (primary N) is 1. The van der Waals surface area contributed by atoms with Crippen molar-refractivity contribution in [1.82, 2.24) is 9.78 Å². The van der Waals surface area contributed by atoms with E-state index in [0.717, 1.165) is 10.0 Å². The van der Waals surface area contributed by atoms with Crippen molar-refractivity contribution in [2.45, 2.75) is 6.92 Å². The number of halogens is 1. The second-order valence-corrected chi connectivity index (χ2v) is 4.80. The van der Waals surface area contributed by atoms with Crippen LogP contribution in [0.5, 0.6) is 11.5 Å². The number of anilines is 1. The molecule has 0 aliphatic rings. The SMILES string of the molecule is COc1cc(C)c(Br)c(-c2cc(N)n(C)n2)c1O. The molecule has 0 saturated heterocycles. The Morgan fingerprint density at radius 3 is 2.61 bits per heavy atom. The van der Waals surface area contributed by atoms with Crippen molar-refractivity contribution >= 4 is 21.7 Å². The fraction of sp³-hybridized carbons (Fsp3) is 0.250. The van der Waals surface area contributed by atoms with Gasteiger partial charge < -0.3 is 15.6 Å². The Hall–Kier alpha value is -1.69. The van der Waals surface area contributed by atoms with Gasteiger partial charge in [0, 0.05) is 17.6 Å². The van der Waals surface area contributed by atoms with Crippen molar-refractivity contribution in [2.24, 2.45) is 7.05 Å². The molecule has 3 N–H and O–H groups in total. The van der Waals surface area contributed by atoms with Crippen LogP contribution in [0.1, 0.15) is 5.56 Å². The topological polar surface area (TPSA) is 73.3 Å². The van der Waals surface area contributed by atoms with Crippen LogP contribution in [0.2, 0.25) is 0 Å². The van der Waals surface area contributed by atoms with Crippen LogP contribution < -0.4 is 10.5 Å². The smallest absolute Gasteiger partial charge is 0.168 e. The predicted molar refractivity (Wildman–Crippen MR) is 73.7 cm³/mol. The number of methoxy groups -OCH3 is 1. The second kappa shape index (κ2) is 4.53. The molecule has 2 aromatic rings. The lowest BCUT2D eigenvalue weighted by atomic mass is 10.1. The molecule has 1 aromatic carbocycles. The molecule has 6 heteroatoms. The summed E-state index contributed by atoms with van der Waals surface area (Å²) in [5, 5.41) is 14.5. The highest BCUT2D eigenvalue weighted by molar-refractivity contribution is 9.10. The Morgan fingerprint density at radius 1 is 1.44 bits per heavy atom. The number of nitrogen functional groups attached to an aromatic ring is 1. The molecular formula is C12H14BrN3O2. The number of ether oxygens (including phenoxy) is 1. The van der Waals surface area contributed by atoms with Crippen molar-refractivity contribution in [3.63, 3.8) is 0 Å². The molecule has 0 unspecified atom stereocenters. The standard InChI is InChI=1S/C12H14BrN3O2/c1-6-4-8(18-3)12(17)10(11(6)13)7-5-9(14)16(2)15-7/h4-5,17H,14H2,1-3H3. The number of rotatable bonds is 2. The molecule has 0 spiro atoms. The van der Waals surface area contributed by atoms with E-state index in [0.29, 0.717) is 22.8 Å². The molecule has 1 aromatic heterocycles. The summed E-state index contributed by atoms with van der Waals surface area (Å²) in [6, 6.07) is 3.47. The lowest BCUT2D eigenvalue weighted by Gasteiger charge is -2.11. The van der Waals surface area contributed by atoms with Crippen LogP contribution >= 0.6 is 15.9 Å². The first-order valence-corrected chi connectivity index (χ1v) is 6.11. The normalized spacial score (nSPS) is 10.7. The number of phenols is 1. The van der Waals surface area contributed by atoms with E-state index in [2.05, 4.69) is 21.0 Å². The van der Waals surface area contributed by atoms with Gasteiger partial charge in [-0.05, 0) is 34.5 Å². The van der Waals surface area contributed by atoms with Gasteiger partial charge in [-0.15, -0.1) is 0 Å². The third-order valence-corrected chi connectivity index (χ3v) is 3.80. The molecule has 0 bridgehead atoms. The number of aromatic hydroxyl groups is 1. The molecule has 0 fully saturated rings. The molecule has 1 heterocycles. The van der Waals surface area contributed by atoms with Crippen LogP contribution in [-0.2, 0) is 7.05 Å². The summed E-state index contributed by atoms with van der Waals surface area (Å²) in [5.74, 6) is 0.986. The average Bonchev–Trinajstić information content (AvgIpc) is 2.64. The second-order valence-electron chi connectivity index (χ2n) is 4.01. The number of hydrogen-bond donors (Lipinski definition) is 2. The molecule has 0 aliphatic heterocycles. The highest BCUT2D eigenvalue weighted by atomic mass is 79.9. The van der Waals surface area contributed by atoms with Gasteiger partial charge >= 0.3 is 0 Å². The number of phenolic OH excluding ortho intramolecular Hbond substituents is 1. The van der Waals surface area contributed by atoms with Crippen LogP contribution in [-0.4, -0.2) is 22.0 Å². The summed E-state index contributed by atoms with van der Waals surface area (Å²) < 4.78 is 7.47. The van der Waals surface area contributed by atoms with Crippen molar-refractivity contribution in [3.8, 4) is 22.8 Å².